The lowest BCUT2D eigenvalue weighted by atomic mass is 9.99. The molecule has 1 fully saturated rings. The minimum absolute atomic E-state index is 0. The van der Waals surface area contributed by atoms with Gasteiger partial charge in [-0.2, -0.15) is 13.2 Å². The highest BCUT2D eigenvalue weighted by Gasteiger charge is 2.36. The Labute approximate surface area is 149 Å². The van der Waals surface area contributed by atoms with Crippen molar-refractivity contribution >= 4 is 22.4 Å². The molecule has 144 valence electrons. The second-order valence-electron chi connectivity index (χ2n) is 5.71. The summed E-state index contributed by atoms with van der Waals surface area (Å²) < 4.78 is 83.7. The van der Waals surface area contributed by atoms with Gasteiger partial charge < -0.3 is 10.1 Å². The third kappa shape index (κ3) is 5.27. The molecule has 25 heavy (non-hydrogen) atoms. The van der Waals surface area contributed by atoms with Gasteiger partial charge in [-0.1, -0.05) is 0 Å². The van der Waals surface area contributed by atoms with Crippen LogP contribution in [0.2, 0.25) is 0 Å². The minimum atomic E-state index is -4.76. The molecule has 0 saturated carbocycles. The fraction of sp³-hybridized carbons (Fsp3) is 0.571. The van der Waals surface area contributed by atoms with E-state index in [1.54, 1.807) is 0 Å². The third-order valence-corrected chi connectivity index (χ3v) is 5.32. The topological polar surface area (TPSA) is 67.4 Å². The fourth-order valence-electron chi connectivity index (χ4n) is 2.67. The number of sulfonamides is 1. The number of halogens is 5. The van der Waals surface area contributed by atoms with E-state index in [1.807, 2.05) is 0 Å². The number of alkyl halides is 3. The Morgan fingerprint density at radius 2 is 2.04 bits per heavy atom. The summed E-state index contributed by atoms with van der Waals surface area (Å²) in [6, 6.07) is 1.29. The summed E-state index contributed by atoms with van der Waals surface area (Å²) in [7, 11) is -2.98. The molecule has 1 unspecified atom stereocenters. The molecule has 1 aromatic carbocycles. The zero-order valence-corrected chi connectivity index (χ0v) is 15.0. The minimum Gasteiger partial charge on any atom is -0.383 e. The maximum Gasteiger partial charge on any atom is 0.416 e. The Balaban J connectivity index is 0.00000312. The first-order chi connectivity index (χ1) is 11.1. The maximum absolute atomic E-state index is 13.8. The fourth-order valence-corrected chi connectivity index (χ4v) is 3.90. The molecule has 0 bridgehead atoms. The summed E-state index contributed by atoms with van der Waals surface area (Å²) in [6.07, 6.45) is -3.32. The summed E-state index contributed by atoms with van der Waals surface area (Å²) in [5.74, 6) is -1.24. The van der Waals surface area contributed by atoms with Crippen LogP contribution >= 0.6 is 12.4 Å². The van der Waals surface area contributed by atoms with Crippen LogP contribution in [0.1, 0.15) is 18.4 Å². The van der Waals surface area contributed by atoms with Gasteiger partial charge in [-0.15, -0.1) is 12.4 Å². The third-order valence-electron chi connectivity index (χ3n) is 3.90. The van der Waals surface area contributed by atoms with Gasteiger partial charge in [0.05, 0.1) is 17.7 Å². The second-order valence-corrected chi connectivity index (χ2v) is 7.45. The smallest absolute Gasteiger partial charge is 0.383 e. The molecule has 1 aliphatic heterocycles. The molecule has 2 rings (SSSR count). The summed E-state index contributed by atoms with van der Waals surface area (Å²) in [6.45, 7) is 0.780. The maximum atomic E-state index is 13.8. The van der Waals surface area contributed by atoms with Gasteiger partial charge in [-0.25, -0.2) is 17.5 Å². The predicted octanol–water partition coefficient (Wildman–Crippen LogP) is 2.31. The molecular formula is C14H19ClF4N2O3S. The second kappa shape index (κ2) is 8.17. The van der Waals surface area contributed by atoms with E-state index in [0.717, 1.165) is 6.42 Å². The van der Waals surface area contributed by atoms with E-state index >= 15 is 0 Å². The van der Waals surface area contributed by atoms with E-state index in [9.17, 15) is 26.0 Å². The molecule has 0 spiro atoms. The summed E-state index contributed by atoms with van der Waals surface area (Å²) >= 11 is 0. The number of benzene rings is 1. The zero-order chi connectivity index (χ0) is 18.0. The van der Waals surface area contributed by atoms with Crippen LogP contribution in [0.25, 0.3) is 0 Å². The SMILES string of the molecule is COCC1(CNS(=O)(=O)c2cc(C(F)(F)F)ccc2F)CCCN1.Cl. The molecule has 1 aromatic rings. The van der Waals surface area contributed by atoms with Crippen LogP contribution in [0.4, 0.5) is 17.6 Å². The molecule has 1 heterocycles. The molecular weight excluding hydrogens is 388 g/mol. The summed E-state index contributed by atoms with van der Waals surface area (Å²) in [4.78, 5) is -1.03. The zero-order valence-electron chi connectivity index (χ0n) is 13.3. The molecule has 0 aliphatic carbocycles. The highest BCUT2D eigenvalue weighted by Crippen LogP contribution is 2.31. The molecule has 1 atom stereocenters. The monoisotopic (exact) mass is 406 g/mol. The van der Waals surface area contributed by atoms with Crippen molar-refractivity contribution in [2.45, 2.75) is 29.5 Å². The first-order valence-corrected chi connectivity index (χ1v) is 8.68. The Kier molecular flexibility index (Phi) is 7.22. The van der Waals surface area contributed by atoms with Gasteiger partial charge >= 0.3 is 6.18 Å². The van der Waals surface area contributed by atoms with E-state index in [1.165, 1.54) is 7.11 Å². The molecule has 11 heteroatoms. The van der Waals surface area contributed by atoms with Crippen molar-refractivity contribution in [3.8, 4) is 0 Å². The Morgan fingerprint density at radius 1 is 1.36 bits per heavy atom. The largest absolute Gasteiger partial charge is 0.416 e. The van der Waals surface area contributed by atoms with Gasteiger partial charge in [-0.05, 0) is 37.6 Å². The van der Waals surface area contributed by atoms with Crippen molar-refractivity contribution in [3.05, 3.63) is 29.6 Å². The van der Waals surface area contributed by atoms with Crippen LogP contribution < -0.4 is 10.0 Å². The summed E-state index contributed by atoms with van der Waals surface area (Å²) in [5, 5.41) is 3.12. The molecule has 5 nitrogen and oxygen atoms in total. The predicted molar refractivity (Wildman–Crippen MR) is 85.7 cm³/mol. The number of rotatable bonds is 6. The van der Waals surface area contributed by atoms with Crippen LogP contribution in [0.15, 0.2) is 23.1 Å². The molecule has 0 amide bonds. The Morgan fingerprint density at radius 3 is 2.56 bits per heavy atom. The van der Waals surface area contributed by atoms with Gasteiger partial charge in [-0.3, -0.25) is 0 Å². The van der Waals surface area contributed by atoms with Crippen LogP contribution in [-0.2, 0) is 20.9 Å². The molecule has 1 aliphatic rings. The van der Waals surface area contributed by atoms with E-state index in [4.69, 9.17) is 4.74 Å². The quantitative estimate of drug-likeness (QED) is 0.711. The van der Waals surface area contributed by atoms with Crippen molar-refractivity contribution in [3.63, 3.8) is 0 Å². The molecule has 0 aromatic heterocycles. The first kappa shape index (κ1) is 22.1. The van der Waals surface area contributed by atoms with Crippen LogP contribution in [0.5, 0.6) is 0 Å². The van der Waals surface area contributed by atoms with Gasteiger partial charge in [0.1, 0.15) is 10.7 Å². The summed E-state index contributed by atoms with van der Waals surface area (Å²) in [5.41, 5.74) is -1.88. The number of hydrogen-bond acceptors (Lipinski definition) is 4. The molecule has 2 N–H and O–H groups in total. The van der Waals surface area contributed by atoms with Crippen LogP contribution in [0.3, 0.4) is 0 Å². The van der Waals surface area contributed by atoms with Gasteiger partial charge in [0, 0.05) is 13.7 Å². The Hall–Kier alpha value is -0.940. The lowest BCUT2D eigenvalue weighted by Gasteiger charge is -2.28. The van der Waals surface area contributed by atoms with Crippen molar-refractivity contribution < 1.29 is 30.7 Å². The molecule has 0 radical (unpaired) electrons. The van der Waals surface area contributed by atoms with Crippen molar-refractivity contribution in [2.75, 3.05) is 26.8 Å². The standard InChI is InChI=1S/C14H18F4N2O3S.ClH/c1-23-9-13(5-2-6-19-13)8-20-24(21,22)12-7-10(14(16,17)18)3-4-11(12)15;/h3-4,7,19-20H,2,5-6,8-9H2,1H3;1H. The van der Waals surface area contributed by atoms with Crippen LogP contribution in [0, 0.1) is 5.82 Å². The lowest BCUT2D eigenvalue weighted by Crippen LogP contribution is -2.52. The van der Waals surface area contributed by atoms with E-state index in [-0.39, 0.29) is 25.6 Å². The van der Waals surface area contributed by atoms with Crippen LogP contribution in [-0.4, -0.2) is 40.8 Å². The number of ether oxygens (including phenoxy) is 1. The van der Waals surface area contributed by atoms with Gasteiger partial charge in [0.25, 0.3) is 0 Å². The van der Waals surface area contributed by atoms with Crippen molar-refractivity contribution in [1.82, 2.24) is 10.0 Å². The Bertz CT molecular complexity index is 692. The van der Waals surface area contributed by atoms with Gasteiger partial charge in [0.2, 0.25) is 10.0 Å². The average molecular weight is 407 g/mol. The highest BCUT2D eigenvalue weighted by atomic mass is 35.5. The van der Waals surface area contributed by atoms with Gasteiger partial charge in [0.15, 0.2) is 0 Å². The average Bonchev–Trinajstić information content (AvgIpc) is 2.94. The normalized spacial score (nSPS) is 21.2. The number of hydrogen-bond donors (Lipinski definition) is 2. The number of nitrogens with one attached hydrogen (secondary N) is 2. The first-order valence-electron chi connectivity index (χ1n) is 7.20. The lowest BCUT2D eigenvalue weighted by molar-refractivity contribution is -0.137. The van der Waals surface area contributed by atoms with E-state index in [2.05, 4.69) is 10.0 Å². The highest BCUT2D eigenvalue weighted by molar-refractivity contribution is 7.89. The number of methoxy groups -OCH3 is 1. The molecule has 1 saturated heterocycles. The van der Waals surface area contributed by atoms with E-state index < -0.39 is 38.0 Å². The van der Waals surface area contributed by atoms with Crippen molar-refractivity contribution in [1.29, 1.82) is 0 Å². The van der Waals surface area contributed by atoms with E-state index in [0.29, 0.717) is 31.2 Å². The van der Waals surface area contributed by atoms with Crippen molar-refractivity contribution in [2.24, 2.45) is 0 Å².